The van der Waals surface area contributed by atoms with Crippen molar-refractivity contribution in [2.45, 2.75) is 53.0 Å². The maximum Gasteiger partial charge on any atom is 0.106 e. The summed E-state index contributed by atoms with van der Waals surface area (Å²) in [4.78, 5) is 0.479. The van der Waals surface area contributed by atoms with Crippen LogP contribution < -0.4 is 11.1 Å². The first kappa shape index (κ1) is 14.8. The second-order valence-electron chi connectivity index (χ2n) is 7.91. The molecule has 114 valence electrons. The van der Waals surface area contributed by atoms with E-state index < -0.39 is 0 Å². The molecule has 21 heavy (non-hydrogen) atoms. The fourth-order valence-electron chi connectivity index (χ4n) is 4.81. The minimum atomic E-state index is 0.325. The Balaban J connectivity index is 1.96. The van der Waals surface area contributed by atoms with E-state index in [1.54, 1.807) is 0 Å². The van der Waals surface area contributed by atoms with Crippen molar-refractivity contribution in [3.05, 3.63) is 29.3 Å². The molecule has 3 heteroatoms. The summed E-state index contributed by atoms with van der Waals surface area (Å²) in [5.41, 5.74) is 9.92. The lowest BCUT2D eigenvalue weighted by Gasteiger charge is -2.44. The van der Waals surface area contributed by atoms with Crippen LogP contribution in [-0.2, 0) is 0 Å². The Morgan fingerprint density at radius 1 is 1.33 bits per heavy atom. The highest BCUT2D eigenvalue weighted by atomic mass is 32.1. The molecule has 3 N–H and O–H groups in total. The Morgan fingerprint density at radius 2 is 2.05 bits per heavy atom. The smallest absolute Gasteiger partial charge is 0.106 e. The van der Waals surface area contributed by atoms with Crippen LogP contribution >= 0.6 is 12.2 Å². The lowest BCUT2D eigenvalue weighted by atomic mass is 9.68. The molecule has 0 saturated heterocycles. The van der Waals surface area contributed by atoms with Gasteiger partial charge in [-0.3, -0.25) is 0 Å². The van der Waals surface area contributed by atoms with Crippen molar-refractivity contribution in [1.29, 1.82) is 0 Å². The van der Waals surface area contributed by atoms with E-state index in [1.165, 1.54) is 24.8 Å². The fraction of sp³-hybridized carbons (Fsp3) is 0.611. The fourth-order valence-corrected chi connectivity index (χ4v) is 4.97. The summed E-state index contributed by atoms with van der Waals surface area (Å²) in [5.74, 6) is 0.832. The van der Waals surface area contributed by atoms with Crippen molar-refractivity contribution in [2.75, 3.05) is 5.32 Å². The number of anilines is 1. The van der Waals surface area contributed by atoms with Gasteiger partial charge in [-0.15, -0.1) is 0 Å². The molecular weight excluding hydrogens is 276 g/mol. The minimum Gasteiger partial charge on any atom is -0.389 e. The molecule has 1 aromatic rings. The Bertz CT molecular complexity index is 588. The molecule has 0 heterocycles. The zero-order valence-corrected chi connectivity index (χ0v) is 14.3. The van der Waals surface area contributed by atoms with Gasteiger partial charge in [0.25, 0.3) is 0 Å². The molecule has 3 atom stereocenters. The number of nitrogens with one attached hydrogen (secondary N) is 1. The van der Waals surface area contributed by atoms with Gasteiger partial charge in [0.2, 0.25) is 0 Å². The molecular formula is C18H26N2S. The average molecular weight is 302 g/mol. The number of nitrogens with two attached hydrogens (primary N) is 1. The molecule has 0 aromatic heterocycles. The first-order valence-electron chi connectivity index (χ1n) is 7.91. The number of rotatable bonds is 3. The Morgan fingerprint density at radius 3 is 2.62 bits per heavy atom. The number of aryl methyl sites for hydroxylation is 1. The van der Waals surface area contributed by atoms with Crippen molar-refractivity contribution in [1.82, 2.24) is 0 Å². The van der Waals surface area contributed by atoms with Crippen molar-refractivity contribution in [2.24, 2.45) is 22.5 Å². The molecule has 0 aliphatic heterocycles. The molecule has 0 amide bonds. The van der Waals surface area contributed by atoms with E-state index >= 15 is 0 Å². The highest BCUT2D eigenvalue weighted by molar-refractivity contribution is 7.80. The van der Waals surface area contributed by atoms with Gasteiger partial charge in [0.05, 0.1) is 0 Å². The standard InChI is InChI=1S/C18H26N2S/c1-11-5-6-14(13(9-11)15(19)21)20-16-17(2,3)12-7-8-18(16,4)10-12/h5-6,9,12,16,20H,7-8,10H2,1-4H3,(H2,19,21). The summed E-state index contributed by atoms with van der Waals surface area (Å²) in [7, 11) is 0. The van der Waals surface area contributed by atoms with Crippen molar-refractivity contribution in [3.8, 4) is 0 Å². The van der Waals surface area contributed by atoms with Gasteiger partial charge < -0.3 is 11.1 Å². The van der Waals surface area contributed by atoms with Crippen LogP contribution in [0.2, 0.25) is 0 Å². The molecule has 3 unspecified atom stereocenters. The van der Waals surface area contributed by atoms with E-state index in [1.807, 2.05) is 0 Å². The minimum absolute atomic E-state index is 0.325. The first-order valence-corrected chi connectivity index (χ1v) is 8.32. The molecule has 3 rings (SSSR count). The van der Waals surface area contributed by atoms with Crippen LogP contribution in [-0.4, -0.2) is 11.0 Å². The third kappa shape index (κ3) is 2.26. The van der Waals surface area contributed by atoms with Crippen LogP contribution in [0.5, 0.6) is 0 Å². The Kier molecular flexibility index (Phi) is 3.32. The Labute approximate surface area is 133 Å². The number of hydrogen-bond acceptors (Lipinski definition) is 2. The molecule has 2 bridgehead atoms. The highest BCUT2D eigenvalue weighted by Crippen LogP contribution is 2.63. The van der Waals surface area contributed by atoms with Crippen molar-refractivity contribution in [3.63, 3.8) is 0 Å². The summed E-state index contributed by atoms with van der Waals surface area (Å²) < 4.78 is 0. The lowest BCUT2D eigenvalue weighted by molar-refractivity contribution is 0.155. The summed E-state index contributed by atoms with van der Waals surface area (Å²) in [6.45, 7) is 9.34. The second-order valence-corrected chi connectivity index (χ2v) is 8.35. The molecule has 2 aliphatic carbocycles. The molecule has 1 aromatic carbocycles. The van der Waals surface area contributed by atoms with Crippen LogP contribution in [0.1, 0.15) is 51.2 Å². The maximum absolute atomic E-state index is 5.93. The number of hydrogen-bond donors (Lipinski definition) is 2. The normalized spacial score (nSPS) is 33.1. The summed E-state index contributed by atoms with van der Waals surface area (Å²) in [5, 5.41) is 3.81. The molecule has 0 spiro atoms. The monoisotopic (exact) mass is 302 g/mol. The Hall–Kier alpha value is -1.09. The van der Waals surface area contributed by atoms with Crippen LogP contribution in [0.4, 0.5) is 5.69 Å². The summed E-state index contributed by atoms with van der Waals surface area (Å²) in [6, 6.07) is 6.84. The molecule has 2 saturated carbocycles. The molecule has 0 radical (unpaired) electrons. The van der Waals surface area contributed by atoms with E-state index in [0.29, 0.717) is 21.9 Å². The second kappa shape index (κ2) is 4.70. The zero-order valence-electron chi connectivity index (χ0n) is 13.5. The lowest BCUT2D eigenvalue weighted by Crippen LogP contribution is -2.46. The topological polar surface area (TPSA) is 38.0 Å². The van der Waals surface area contributed by atoms with Crippen molar-refractivity contribution < 1.29 is 0 Å². The number of benzene rings is 1. The third-order valence-corrected chi connectivity index (χ3v) is 6.23. The van der Waals surface area contributed by atoms with Crippen LogP contribution in [0.25, 0.3) is 0 Å². The summed E-state index contributed by atoms with van der Waals surface area (Å²) >= 11 is 5.24. The van der Waals surface area contributed by atoms with Crippen LogP contribution in [0.3, 0.4) is 0 Å². The van der Waals surface area contributed by atoms with Gasteiger partial charge in [-0.05, 0) is 55.1 Å². The molecule has 2 aliphatic rings. The van der Waals surface area contributed by atoms with Gasteiger partial charge in [-0.25, -0.2) is 0 Å². The SMILES string of the molecule is Cc1ccc(NC2C3(C)CCC(C3)C2(C)C)c(C(N)=S)c1. The third-order valence-electron chi connectivity index (χ3n) is 6.01. The van der Waals surface area contributed by atoms with Gasteiger partial charge >= 0.3 is 0 Å². The largest absolute Gasteiger partial charge is 0.389 e. The van der Waals surface area contributed by atoms with E-state index in [4.69, 9.17) is 18.0 Å². The van der Waals surface area contributed by atoms with Crippen LogP contribution in [0, 0.1) is 23.7 Å². The number of thiocarbonyl (C=S) groups is 1. The van der Waals surface area contributed by atoms with Crippen LogP contribution in [0.15, 0.2) is 18.2 Å². The molecule has 2 nitrogen and oxygen atoms in total. The highest BCUT2D eigenvalue weighted by Gasteiger charge is 2.59. The van der Waals surface area contributed by atoms with Gasteiger partial charge in [0.1, 0.15) is 4.99 Å². The van der Waals surface area contributed by atoms with E-state index in [2.05, 4.69) is 51.2 Å². The van der Waals surface area contributed by atoms with Gasteiger partial charge in [-0.1, -0.05) is 44.6 Å². The van der Waals surface area contributed by atoms with E-state index in [0.717, 1.165) is 17.2 Å². The van der Waals surface area contributed by atoms with Crippen molar-refractivity contribution >= 4 is 22.9 Å². The summed E-state index contributed by atoms with van der Waals surface area (Å²) in [6.07, 6.45) is 4.04. The predicted molar refractivity (Wildman–Crippen MR) is 93.7 cm³/mol. The van der Waals surface area contributed by atoms with E-state index in [9.17, 15) is 0 Å². The van der Waals surface area contributed by atoms with Gasteiger partial charge in [-0.2, -0.15) is 0 Å². The van der Waals surface area contributed by atoms with Gasteiger partial charge in [0.15, 0.2) is 0 Å². The zero-order chi connectivity index (χ0) is 15.4. The van der Waals surface area contributed by atoms with Gasteiger partial charge in [0, 0.05) is 17.3 Å². The number of fused-ring (bicyclic) bond motifs is 2. The maximum atomic E-state index is 5.93. The first-order chi connectivity index (χ1) is 9.74. The molecule has 2 fully saturated rings. The quantitative estimate of drug-likeness (QED) is 0.820. The predicted octanol–water partition coefficient (Wildman–Crippen LogP) is 4.26. The average Bonchev–Trinajstić information content (AvgIpc) is 2.87. The van der Waals surface area contributed by atoms with E-state index in [-0.39, 0.29) is 0 Å².